The molecule has 3 rings (SSSR count). The van der Waals surface area contributed by atoms with Crippen LogP contribution in [0.3, 0.4) is 0 Å². The van der Waals surface area contributed by atoms with Crippen LogP contribution >= 0.6 is 0 Å². The predicted molar refractivity (Wildman–Crippen MR) is 81.0 cm³/mol. The molecule has 2 atom stereocenters. The molecule has 0 amide bonds. The summed E-state index contributed by atoms with van der Waals surface area (Å²) in [6, 6.07) is 9.48. The standard InChI is InChI=1S/C17H21NO3/c1-12(13-6-4-3-5-7-13)17(19)21-16-10-14-8-9-15(11-16)18(14,2)20/h3-7,14-16H,1,8-11H2,2H3. The molecular formula is C17H21NO3. The van der Waals surface area contributed by atoms with Gasteiger partial charge in [0.2, 0.25) is 0 Å². The van der Waals surface area contributed by atoms with E-state index in [0.29, 0.717) is 18.4 Å². The molecule has 2 bridgehead atoms. The second-order valence-corrected chi connectivity index (χ2v) is 6.29. The number of nitrogens with zero attached hydrogens (tertiary/aromatic N) is 1. The molecule has 4 heteroatoms. The van der Waals surface area contributed by atoms with Crippen molar-refractivity contribution in [2.45, 2.75) is 43.9 Å². The maximum absolute atomic E-state index is 12.4. The first-order valence-corrected chi connectivity index (χ1v) is 7.50. The predicted octanol–water partition coefficient (Wildman–Crippen LogP) is 2.88. The second-order valence-electron chi connectivity index (χ2n) is 6.29. The monoisotopic (exact) mass is 287 g/mol. The van der Waals surface area contributed by atoms with Crippen molar-refractivity contribution in [3.8, 4) is 0 Å². The molecule has 1 aromatic rings. The molecule has 2 aliphatic heterocycles. The Bertz CT molecular complexity index is 536. The third-order valence-electron chi connectivity index (χ3n) is 5.00. The topological polar surface area (TPSA) is 49.4 Å². The summed E-state index contributed by atoms with van der Waals surface area (Å²) >= 11 is 0. The lowest BCUT2D eigenvalue weighted by Gasteiger charge is -2.50. The van der Waals surface area contributed by atoms with E-state index >= 15 is 0 Å². The lowest BCUT2D eigenvalue weighted by atomic mass is 9.99. The van der Waals surface area contributed by atoms with E-state index in [2.05, 4.69) is 6.58 Å². The highest BCUT2D eigenvalue weighted by Gasteiger charge is 2.47. The molecule has 2 saturated heterocycles. The van der Waals surface area contributed by atoms with Crippen LogP contribution in [0.5, 0.6) is 0 Å². The minimum absolute atomic E-state index is 0.0755. The van der Waals surface area contributed by atoms with Crippen molar-refractivity contribution >= 4 is 11.5 Å². The van der Waals surface area contributed by atoms with Gasteiger partial charge in [-0.2, -0.15) is 0 Å². The molecule has 0 N–H and O–H groups in total. The van der Waals surface area contributed by atoms with Crippen LogP contribution in [0.1, 0.15) is 31.2 Å². The van der Waals surface area contributed by atoms with E-state index in [0.717, 1.165) is 18.4 Å². The van der Waals surface area contributed by atoms with Crippen LogP contribution in [-0.2, 0) is 9.53 Å². The van der Waals surface area contributed by atoms with Crippen LogP contribution in [-0.4, -0.2) is 35.9 Å². The van der Waals surface area contributed by atoms with Gasteiger partial charge < -0.3 is 14.6 Å². The number of rotatable bonds is 3. The second kappa shape index (κ2) is 5.28. The molecule has 4 nitrogen and oxygen atoms in total. The Morgan fingerprint density at radius 3 is 2.38 bits per heavy atom. The summed E-state index contributed by atoms with van der Waals surface area (Å²) in [4.78, 5) is 12.2. The van der Waals surface area contributed by atoms with E-state index in [1.807, 2.05) is 30.3 Å². The Morgan fingerprint density at radius 1 is 1.24 bits per heavy atom. The first-order chi connectivity index (χ1) is 9.98. The van der Waals surface area contributed by atoms with E-state index < -0.39 is 0 Å². The van der Waals surface area contributed by atoms with Crippen LogP contribution in [0.25, 0.3) is 5.57 Å². The van der Waals surface area contributed by atoms with Gasteiger partial charge in [-0.1, -0.05) is 36.9 Å². The smallest absolute Gasteiger partial charge is 0.338 e. The number of ether oxygens (including phenoxy) is 1. The van der Waals surface area contributed by atoms with Gasteiger partial charge in [0, 0.05) is 25.7 Å². The van der Waals surface area contributed by atoms with E-state index in [1.54, 1.807) is 7.05 Å². The molecule has 2 aliphatic rings. The number of hydrogen-bond donors (Lipinski definition) is 0. The van der Waals surface area contributed by atoms with Crippen molar-refractivity contribution in [3.05, 3.63) is 47.7 Å². The van der Waals surface area contributed by atoms with Crippen molar-refractivity contribution in [1.29, 1.82) is 0 Å². The molecule has 2 unspecified atom stereocenters. The highest BCUT2D eigenvalue weighted by molar-refractivity contribution is 6.15. The van der Waals surface area contributed by atoms with Gasteiger partial charge in [-0.3, -0.25) is 0 Å². The van der Waals surface area contributed by atoms with Gasteiger partial charge in [0.25, 0.3) is 0 Å². The number of esters is 1. The number of piperidine rings is 1. The van der Waals surface area contributed by atoms with E-state index in [4.69, 9.17) is 4.74 Å². The highest BCUT2D eigenvalue weighted by Crippen LogP contribution is 2.41. The molecule has 21 heavy (non-hydrogen) atoms. The first-order valence-electron chi connectivity index (χ1n) is 7.50. The zero-order valence-electron chi connectivity index (χ0n) is 12.3. The number of carbonyl (C=O) groups excluding carboxylic acids is 1. The average molecular weight is 287 g/mol. The zero-order valence-corrected chi connectivity index (χ0v) is 12.3. The normalized spacial score (nSPS) is 34.5. The fourth-order valence-corrected chi connectivity index (χ4v) is 3.63. The summed E-state index contributed by atoms with van der Waals surface area (Å²) in [6.07, 6.45) is 3.08. The SMILES string of the molecule is C=C(C(=O)OC1CC2CCC(C1)[N+]2(C)[O-])c1ccccc1. The number of quaternary nitrogens is 1. The molecule has 0 aromatic heterocycles. The minimum Gasteiger partial charge on any atom is -0.633 e. The first kappa shape index (κ1) is 14.3. The summed E-state index contributed by atoms with van der Waals surface area (Å²) in [7, 11) is 1.75. The molecular weight excluding hydrogens is 266 g/mol. The number of benzene rings is 1. The summed E-state index contributed by atoms with van der Waals surface area (Å²) in [5, 5.41) is 12.4. The minimum atomic E-state index is -0.368. The summed E-state index contributed by atoms with van der Waals surface area (Å²) in [5.41, 5.74) is 1.17. The fourth-order valence-electron chi connectivity index (χ4n) is 3.63. The summed E-state index contributed by atoms with van der Waals surface area (Å²) < 4.78 is 5.44. The van der Waals surface area contributed by atoms with Gasteiger partial charge in [0.1, 0.15) is 6.10 Å². The molecule has 112 valence electrons. The highest BCUT2D eigenvalue weighted by atomic mass is 16.6. The Morgan fingerprint density at radius 2 is 1.81 bits per heavy atom. The molecule has 0 saturated carbocycles. The van der Waals surface area contributed by atoms with Gasteiger partial charge in [-0.25, -0.2) is 4.79 Å². The number of hydroxylamine groups is 3. The van der Waals surface area contributed by atoms with Crippen LogP contribution in [0.2, 0.25) is 0 Å². The van der Waals surface area contributed by atoms with Crippen molar-refractivity contribution in [2.24, 2.45) is 0 Å². The molecule has 1 aromatic carbocycles. The summed E-state index contributed by atoms with van der Waals surface area (Å²) in [6.45, 7) is 3.83. The van der Waals surface area contributed by atoms with Crippen LogP contribution in [0.15, 0.2) is 36.9 Å². The van der Waals surface area contributed by atoms with Gasteiger partial charge in [-0.15, -0.1) is 0 Å². The van der Waals surface area contributed by atoms with Gasteiger partial charge >= 0.3 is 5.97 Å². The largest absolute Gasteiger partial charge is 0.633 e. The molecule has 0 aliphatic carbocycles. The van der Waals surface area contributed by atoms with Gasteiger partial charge in [-0.05, 0) is 5.56 Å². The Hall–Kier alpha value is -1.65. The van der Waals surface area contributed by atoms with Crippen molar-refractivity contribution < 1.29 is 14.2 Å². The van der Waals surface area contributed by atoms with E-state index in [-0.39, 0.29) is 28.8 Å². The van der Waals surface area contributed by atoms with Gasteiger partial charge in [0.15, 0.2) is 0 Å². The van der Waals surface area contributed by atoms with Gasteiger partial charge in [0.05, 0.1) is 24.7 Å². The van der Waals surface area contributed by atoms with E-state index in [1.165, 1.54) is 0 Å². The molecule has 2 heterocycles. The lowest BCUT2D eigenvalue weighted by Crippen LogP contribution is -2.54. The Labute approximate surface area is 125 Å². The van der Waals surface area contributed by atoms with Crippen molar-refractivity contribution in [2.75, 3.05) is 7.05 Å². The Balaban J connectivity index is 1.63. The quantitative estimate of drug-likeness (QED) is 0.372. The maximum atomic E-state index is 12.4. The van der Waals surface area contributed by atoms with Crippen LogP contribution < -0.4 is 0 Å². The summed E-state index contributed by atoms with van der Waals surface area (Å²) in [5.74, 6) is -0.368. The van der Waals surface area contributed by atoms with Crippen LogP contribution in [0.4, 0.5) is 0 Å². The third-order valence-corrected chi connectivity index (χ3v) is 5.00. The van der Waals surface area contributed by atoms with E-state index in [9.17, 15) is 10.0 Å². The fraction of sp³-hybridized carbons (Fsp3) is 0.471. The van der Waals surface area contributed by atoms with Crippen molar-refractivity contribution in [1.82, 2.24) is 0 Å². The Kier molecular flexibility index (Phi) is 3.59. The van der Waals surface area contributed by atoms with Crippen molar-refractivity contribution in [3.63, 3.8) is 0 Å². The van der Waals surface area contributed by atoms with Crippen LogP contribution in [0, 0.1) is 5.21 Å². The molecule has 2 fully saturated rings. The lowest BCUT2D eigenvalue weighted by molar-refractivity contribution is -0.903. The third kappa shape index (κ3) is 2.61. The number of carbonyl (C=O) groups is 1. The maximum Gasteiger partial charge on any atom is 0.338 e. The number of hydrogen-bond acceptors (Lipinski definition) is 3. The average Bonchev–Trinajstić information content (AvgIpc) is 2.67. The zero-order chi connectivity index (χ0) is 15.0. The number of fused-ring (bicyclic) bond motifs is 2. The molecule has 0 spiro atoms. The molecule has 0 radical (unpaired) electrons.